The van der Waals surface area contributed by atoms with Crippen molar-refractivity contribution in [2.24, 2.45) is 0 Å². The van der Waals surface area contributed by atoms with Crippen molar-refractivity contribution >= 4 is 16.8 Å². The van der Waals surface area contributed by atoms with Gasteiger partial charge in [0.15, 0.2) is 0 Å². The van der Waals surface area contributed by atoms with Gasteiger partial charge in [-0.15, -0.1) is 0 Å². The average molecular weight is 411 g/mol. The molecule has 31 heavy (non-hydrogen) atoms. The molecule has 0 unspecified atom stereocenters. The molecule has 0 saturated carbocycles. The first-order chi connectivity index (χ1) is 15.2. The van der Waals surface area contributed by atoms with Gasteiger partial charge >= 0.3 is 0 Å². The third kappa shape index (κ3) is 4.43. The van der Waals surface area contributed by atoms with Gasteiger partial charge in [-0.05, 0) is 18.1 Å². The van der Waals surface area contributed by atoms with Gasteiger partial charge in [0.2, 0.25) is 5.91 Å². The molecule has 0 aliphatic carbocycles. The Morgan fingerprint density at radius 3 is 2.26 bits per heavy atom. The van der Waals surface area contributed by atoms with Crippen LogP contribution in [0.4, 0.5) is 0 Å². The number of fused-ring (bicyclic) bond motifs is 1. The zero-order chi connectivity index (χ0) is 21.6. The van der Waals surface area contributed by atoms with Crippen LogP contribution in [0.15, 0.2) is 84.9 Å². The van der Waals surface area contributed by atoms with E-state index in [9.17, 15) is 4.79 Å². The summed E-state index contributed by atoms with van der Waals surface area (Å²) in [6, 6.07) is 27.9. The van der Waals surface area contributed by atoms with Crippen LogP contribution in [-0.4, -0.2) is 18.0 Å². The predicted molar refractivity (Wildman–Crippen MR) is 125 cm³/mol. The number of amides is 1. The second kappa shape index (κ2) is 9.43. The number of aromatic nitrogens is 1. The zero-order valence-corrected chi connectivity index (χ0v) is 17.8. The first-order valence-corrected chi connectivity index (χ1v) is 10.6. The van der Waals surface area contributed by atoms with E-state index in [4.69, 9.17) is 9.72 Å². The minimum Gasteiger partial charge on any atom is -0.494 e. The van der Waals surface area contributed by atoms with Crippen molar-refractivity contribution < 1.29 is 9.53 Å². The topological polar surface area (TPSA) is 51.2 Å². The molecular weight excluding hydrogens is 384 g/mol. The number of rotatable bonds is 7. The summed E-state index contributed by atoms with van der Waals surface area (Å²) in [7, 11) is 1.64. The number of hydrogen-bond donors (Lipinski definition) is 1. The second-order valence-corrected chi connectivity index (χ2v) is 7.47. The number of methoxy groups -OCH3 is 1. The molecule has 4 heteroatoms. The fourth-order valence-corrected chi connectivity index (χ4v) is 3.96. The summed E-state index contributed by atoms with van der Waals surface area (Å²) >= 11 is 0. The van der Waals surface area contributed by atoms with Crippen molar-refractivity contribution in [3.05, 3.63) is 96.1 Å². The average Bonchev–Trinajstić information content (AvgIpc) is 2.83. The molecule has 1 N–H and O–H groups in total. The highest BCUT2D eigenvalue weighted by Crippen LogP contribution is 2.36. The van der Waals surface area contributed by atoms with Crippen molar-refractivity contribution in [2.75, 3.05) is 7.11 Å². The molecule has 0 saturated heterocycles. The molecular formula is C27H26N2O2. The second-order valence-electron chi connectivity index (χ2n) is 7.47. The Kier molecular flexibility index (Phi) is 6.27. The third-order valence-corrected chi connectivity index (χ3v) is 5.48. The molecule has 156 valence electrons. The summed E-state index contributed by atoms with van der Waals surface area (Å²) in [4.78, 5) is 18.0. The highest BCUT2D eigenvalue weighted by atomic mass is 16.5. The molecule has 1 heterocycles. The summed E-state index contributed by atoms with van der Waals surface area (Å²) in [5, 5.41) is 4.12. The Balaban J connectivity index is 1.73. The summed E-state index contributed by atoms with van der Waals surface area (Å²) in [5.41, 5.74) is 4.52. The number of carbonyl (C=O) groups is 1. The Morgan fingerprint density at radius 2 is 1.58 bits per heavy atom. The predicted octanol–water partition coefficient (Wildman–Crippen LogP) is 5.72. The van der Waals surface area contributed by atoms with Crippen LogP contribution < -0.4 is 10.1 Å². The lowest BCUT2D eigenvalue weighted by Gasteiger charge is -2.19. The zero-order valence-electron chi connectivity index (χ0n) is 17.8. The van der Waals surface area contributed by atoms with Crippen LogP contribution in [0.5, 0.6) is 5.75 Å². The lowest BCUT2D eigenvalue weighted by Crippen LogP contribution is -2.29. The van der Waals surface area contributed by atoms with E-state index in [0.29, 0.717) is 5.75 Å². The van der Waals surface area contributed by atoms with E-state index < -0.39 is 0 Å². The van der Waals surface area contributed by atoms with Gasteiger partial charge in [0, 0.05) is 16.5 Å². The maximum atomic E-state index is 13.1. The SMILES string of the molecule is CC[C@H](NC(=O)Cc1c(OC)c(-c2ccccc2)nc2ccccc12)c1ccccc1. The molecule has 4 aromatic rings. The Morgan fingerprint density at radius 1 is 0.935 bits per heavy atom. The number of ether oxygens (including phenoxy) is 1. The van der Waals surface area contributed by atoms with Crippen molar-refractivity contribution in [1.29, 1.82) is 0 Å². The van der Waals surface area contributed by atoms with Crippen LogP contribution in [0.25, 0.3) is 22.2 Å². The summed E-state index contributed by atoms with van der Waals surface area (Å²) in [6.07, 6.45) is 1.04. The molecule has 1 aromatic heterocycles. The van der Waals surface area contributed by atoms with E-state index in [1.54, 1.807) is 7.11 Å². The van der Waals surface area contributed by atoms with Crippen LogP contribution in [0.2, 0.25) is 0 Å². The molecule has 1 atom stereocenters. The lowest BCUT2D eigenvalue weighted by atomic mass is 9.99. The van der Waals surface area contributed by atoms with Gasteiger partial charge in [-0.1, -0.05) is 85.8 Å². The standard InChI is InChI=1S/C27H26N2O2/c1-3-23(19-12-6-4-7-13-19)28-25(30)18-22-21-16-10-11-17-24(21)29-26(27(22)31-2)20-14-8-5-9-15-20/h4-17,23H,3,18H2,1-2H3,(H,28,30)/t23-/m0/s1. The van der Waals surface area contributed by atoms with Crippen LogP contribution >= 0.6 is 0 Å². The molecule has 0 radical (unpaired) electrons. The number of para-hydroxylation sites is 1. The van der Waals surface area contributed by atoms with Crippen LogP contribution in [-0.2, 0) is 11.2 Å². The van der Waals surface area contributed by atoms with E-state index >= 15 is 0 Å². The summed E-state index contributed by atoms with van der Waals surface area (Å²) < 4.78 is 5.81. The highest BCUT2D eigenvalue weighted by molar-refractivity contribution is 5.93. The molecule has 0 fully saturated rings. The van der Waals surface area contributed by atoms with E-state index in [1.807, 2.05) is 84.9 Å². The lowest BCUT2D eigenvalue weighted by molar-refractivity contribution is -0.121. The molecule has 4 nitrogen and oxygen atoms in total. The molecule has 0 spiro atoms. The van der Waals surface area contributed by atoms with E-state index in [-0.39, 0.29) is 18.4 Å². The number of hydrogen-bond acceptors (Lipinski definition) is 3. The first kappa shape index (κ1) is 20.6. The van der Waals surface area contributed by atoms with Gasteiger partial charge in [-0.25, -0.2) is 4.98 Å². The third-order valence-electron chi connectivity index (χ3n) is 5.48. The molecule has 0 aliphatic heterocycles. The van der Waals surface area contributed by atoms with E-state index in [0.717, 1.165) is 39.7 Å². The molecule has 0 bridgehead atoms. The minimum absolute atomic E-state index is 0.0265. The van der Waals surface area contributed by atoms with Crippen LogP contribution in [0, 0.1) is 0 Å². The van der Waals surface area contributed by atoms with Crippen LogP contribution in [0.1, 0.15) is 30.5 Å². The molecule has 3 aromatic carbocycles. The summed E-state index contributed by atoms with van der Waals surface area (Å²) in [6.45, 7) is 2.08. The number of benzene rings is 3. The van der Waals surface area contributed by atoms with Crippen molar-refractivity contribution in [3.63, 3.8) is 0 Å². The van der Waals surface area contributed by atoms with Crippen molar-refractivity contribution in [3.8, 4) is 17.0 Å². The van der Waals surface area contributed by atoms with E-state index in [1.165, 1.54) is 0 Å². The van der Waals surface area contributed by atoms with Crippen molar-refractivity contribution in [1.82, 2.24) is 10.3 Å². The van der Waals surface area contributed by atoms with Gasteiger partial charge < -0.3 is 10.1 Å². The van der Waals surface area contributed by atoms with Gasteiger partial charge in [0.1, 0.15) is 11.4 Å². The number of nitrogens with one attached hydrogen (secondary N) is 1. The Labute approximate surface area is 182 Å². The van der Waals surface area contributed by atoms with Gasteiger partial charge in [-0.2, -0.15) is 0 Å². The molecule has 4 rings (SSSR count). The quantitative estimate of drug-likeness (QED) is 0.424. The monoisotopic (exact) mass is 410 g/mol. The van der Waals surface area contributed by atoms with Gasteiger partial charge in [0.25, 0.3) is 0 Å². The minimum atomic E-state index is -0.0376. The Bertz CT molecular complexity index is 1170. The van der Waals surface area contributed by atoms with Gasteiger partial charge in [0.05, 0.1) is 25.1 Å². The summed E-state index contributed by atoms with van der Waals surface area (Å²) in [5.74, 6) is 0.608. The first-order valence-electron chi connectivity index (χ1n) is 10.6. The Hall–Kier alpha value is -3.66. The number of carbonyl (C=O) groups excluding carboxylic acids is 1. The fraction of sp³-hybridized carbons (Fsp3) is 0.185. The highest BCUT2D eigenvalue weighted by Gasteiger charge is 2.21. The van der Waals surface area contributed by atoms with Gasteiger partial charge in [-0.3, -0.25) is 4.79 Å². The largest absolute Gasteiger partial charge is 0.494 e. The number of nitrogens with zero attached hydrogens (tertiary/aromatic N) is 1. The maximum Gasteiger partial charge on any atom is 0.225 e. The van der Waals surface area contributed by atoms with Crippen molar-refractivity contribution in [2.45, 2.75) is 25.8 Å². The number of pyridine rings is 1. The molecule has 1 amide bonds. The fourth-order valence-electron chi connectivity index (χ4n) is 3.96. The molecule has 0 aliphatic rings. The van der Waals surface area contributed by atoms with E-state index in [2.05, 4.69) is 12.2 Å². The normalized spacial score (nSPS) is 11.8. The maximum absolute atomic E-state index is 13.1. The smallest absolute Gasteiger partial charge is 0.225 e. The van der Waals surface area contributed by atoms with Crippen LogP contribution in [0.3, 0.4) is 0 Å².